The molecule has 1 aromatic heterocycles. The molecule has 0 radical (unpaired) electrons. The average molecular weight is 204 g/mol. The van der Waals surface area contributed by atoms with E-state index in [0.29, 0.717) is 11.6 Å². The smallest absolute Gasteiger partial charge is 0.0318 e. The van der Waals surface area contributed by atoms with Crippen molar-refractivity contribution >= 4 is 0 Å². The zero-order valence-electron chi connectivity index (χ0n) is 9.88. The van der Waals surface area contributed by atoms with E-state index >= 15 is 0 Å². The van der Waals surface area contributed by atoms with Gasteiger partial charge in [-0.2, -0.15) is 0 Å². The van der Waals surface area contributed by atoms with Crippen LogP contribution in [0.5, 0.6) is 0 Å². The maximum atomic E-state index is 4.20. The summed E-state index contributed by atoms with van der Waals surface area (Å²) in [6.07, 6.45) is 7.81. The first-order chi connectivity index (χ1) is 7.11. The minimum absolute atomic E-state index is 0.363. The third-order valence-corrected chi connectivity index (χ3v) is 3.57. The van der Waals surface area contributed by atoms with Crippen LogP contribution >= 0.6 is 0 Å². The molecule has 1 unspecified atom stereocenters. The predicted molar refractivity (Wildman–Crippen MR) is 62.8 cm³/mol. The molecule has 1 heterocycles. The highest BCUT2D eigenvalue weighted by atomic mass is 15.0. The lowest BCUT2D eigenvalue weighted by atomic mass is 9.78. The summed E-state index contributed by atoms with van der Waals surface area (Å²) in [6.45, 7) is 6.70. The third kappa shape index (κ3) is 2.20. The Labute approximate surface area is 92.1 Å². The van der Waals surface area contributed by atoms with Crippen LogP contribution in [0.3, 0.4) is 0 Å². The Bertz CT molecular complexity index is 342. The number of rotatable bonds is 3. The highest BCUT2D eigenvalue weighted by molar-refractivity contribution is 5.25. The van der Waals surface area contributed by atoms with E-state index in [1.165, 1.54) is 30.4 Å². The number of pyridine rings is 1. The van der Waals surface area contributed by atoms with Gasteiger partial charge in [-0.3, -0.25) is 4.98 Å². The highest BCUT2D eigenvalue weighted by Crippen LogP contribution is 2.33. The lowest BCUT2D eigenvalue weighted by Crippen LogP contribution is -2.49. The molecule has 1 saturated carbocycles. The molecular formula is C13H20N2. The molecule has 0 saturated heterocycles. The minimum atomic E-state index is 0.363. The quantitative estimate of drug-likeness (QED) is 0.818. The van der Waals surface area contributed by atoms with Crippen molar-refractivity contribution in [2.45, 2.75) is 51.6 Å². The Morgan fingerprint density at radius 3 is 2.73 bits per heavy atom. The molecular weight excluding hydrogens is 184 g/mol. The largest absolute Gasteiger partial charge is 0.305 e. The molecule has 0 aromatic carbocycles. The third-order valence-electron chi connectivity index (χ3n) is 3.57. The van der Waals surface area contributed by atoms with Gasteiger partial charge in [-0.05, 0) is 57.2 Å². The fourth-order valence-electron chi connectivity index (χ4n) is 2.38. The van der Waals surface area contributed by atoms with Gasteiger partial charge in [-0.25, -0.2) is 0 Å². The van der Waals surface area contributed by atoms with Gasteiger partial charge in [-0.1, -0.05) is 0 Å². The second-order valence-corrected chi connectivity index (χ2v) is 5.01. The van der Waals surface area contributed by atoms with Gasteiger partial charge >= 0.3 is 0 Å². The molecule has 0 bridgehead atoms. The molecule has 15 heavy (non-hydrogen) atoms. The molecule has 0 amide bonds. The van der Waals surface area contributed by atoms with Gasteiger partial charge < -0.3 is 5.32 Å². The monoisotopic (exact) mass is 204 g/mol. The van der Waals surface area contributed by atoms with Crippen molar-refractivity contribution in [2.75, 3.05) is 0 Å². The van der Waals surface area contributed by atoms with E-state index in [2.05, 4.69) is 37.1 Å². The average Bonchev–Trinajstić information content (AvgIpc) is 2.16. The van der Waals surface area contributed by atoms with Crippen molar-refractivity contribution < 1.29 is 0 Å². The molecule has 1 atom stereocenters. The van der Waals surface area contributed by atoms with E-state index in [1.807, 2.05) is 12.4 Å². The van der Waals surface area contributed by atoms with E-state index in [9.17, 15) is 0 Å². The van der Waals surface area contributed by atoms with Crippen LogP contribution in [0.2, 0.25) is 0 Å². The normalized spacial score (nSPS) is 20.7. The van der Waals surface area contributed by atoms with Crippen molar-refractivity contribution in [1.29, 1.82) is 0 Å². The predicted octanol–water partition coefficient (Wildman–Crippen LogP) is 2.98. The van der Waals surface area contributed by atoms with Crippen LogP contribution < -0.4 is 5.32 Å². The van der Waals surface area contributed by atoms with Gasteiger partial charge in [0.2, 0.25) is 0 Å². The molecule has 1 aromatic rings. The Kier molecular flexibility index (Phi) is 2.79. The van der Waals surface area contributed by atoms with E-state index in [4.69, 9.17) is 0 Å². The Morgan fingerprint density at radius 1 is 1.47 bits per heavy atom. The summed E-state index contributed by atoms with van der Waals surface area (Å²) >= 11 is 0. The van der Waals surface area contributed by atoms with Gasteiger partial charge in [-0.15, -0.1) is 0 Å². The zero-order valence-corrected chi connectivity index (χ0v) is 9.88. The Hall–Kier alpha value is -0.890. The maximum absolute atomic E-state index is 4.20. The maximum Gasteiger partial charge on any atom is 0.0318 e. The zero-order chi connectivity index (χ0) is 10.9. The van der Waals surface area contributed by atoms with E-state index in [0.717, 1.165) is 0 Å². The van der Waals surface area contributed by atoms with Crippen molar-refractivity contribution in [3.63, 3.8) is 0 Å². The van der Waals surface area contributed by atoms with Gasteiger partial charge in [0, 0.05) is 24.0 Å². The molecule has 2 nitrogen and oxygen atoms in total. The summed E-state index contributed by atoms with van der Waals surface area (Å²) < 4.78 is 0. The highest BCUT2D eigenvalue weighted by Gasteiger charge is 2.32. The summed E-state index contributed by atoms with van der Waals surface area (Å²) in [5, 5.41) is 3.71. The van der Waals surface area contributed by atoms with Crippen molar-refractivity contribution in [1.82, 2.24) is 10.3 Å². The van der Waals surface area contributed by atoms with Gasteiger partial charge in [0.05, 0.1) is 0 Å². The molecule has 0 aliphatic heterocycles. The van der Waals surface area contributed by atoms with Crippen LogP contribution in [-0.4, -0.2) is 10.5 Å². The number of aryl methyl sites for hydroxylation is 1. The van der Waals surface area contributed by atoms with Crippen LogP contribution in [0.15, 0.2) is 18.5 Å². The van der Waals surface area contributed by atoms with Gasteiger partial charge in [0.25, 0.3) is 0 Å². The first kappa shape index (κ1) is 10.6. The summed E-state index contributed by atoms with van der Waals surface area (Å²) in [7, 11) is 0. The fraction of sp³-hybridized carbons (Fsp3) is 0.615. The molecule has 1 aliphatic rings. The molecule has 0 spiro atoms. The molecule has 1 aliphatic carbocycles. The lowest BCUT2D eigenvalue weighted by Gasteiger charge is -2.42. The number of nitrogens with zero attached hydrogens (tertiary/aromatic N) is 1. The van der Waals surface area contributed by atoms with Gasteiger partial charge in [0.1, 0.15) is 0 Å². The number of nitrogens with one attached hydrogen (secondary N) is 1. The second-order valence-electron chi connectivity index (χ2n) is 5.01. The summed E-state index contributed by atoms with van der Waals surface area (Å²) in [5.74, 6) is 0. The first-order valence-electron chi connectivity index (χ1n) is 5.79. The molecule has 2 heteroatoms. The van der Waals surface area contributed by atoms with Crippen LogP contribution in [0.4, 0.5) is 0 Å². The van der Waals surface area contributed by atoms with Crippen LogP contribution in [0.25, 0.3) is 0 Å². The van der Waals surface area contributed by atoms with Crippen LogP contribution in [0.1, 0.15) is 50.3 Å². The van der Waals surface area contributed by atoms with E-state index in [-0.39, 0.29) is 0 Å². The molecule has 1 N–H and O–H groups in total. The van der Waals surface area contributed by atoms with Crippen LogP contribution in [-0.2, 0) is 0 Å². The topological polar surface area (TPSA) is 24.9 Å². The summed E-state index contributed by atoms with van der Waals surface area (Å²) in [5.41, 5.74) is 3.01. The Balaban J connectivity index is 2.07. The number of hydrogen-bond acceptors (Lipinski definition) is 2. The minimum Gasteiger partial charge on any atom is -0.305 e. The SMILES string of the molecule is Cc1ccncc1C(C)NC1(C)CCC1. The fourth-order valence-corrected chi connectivity index (χ4v) is 2.38. The standard InChI is InChI=1S/C13H20N2/c1-10-5-8-14-9-12(10)11(2)15-13(3)6-4-7-13/h5,8-9,11,15H,4,6-7H2,1-3H3. The van der Waals surface area contributed by atoms with Crippen molar-refractivity contribution in [3.05, 3.63) is 29.6 Å². The van der Waals surface area contributed by atoms with Crippen molar-refractivity contribution in [3.8, 4) is 0 Å². The summed E-state index contributed by atoms with van der Waals surface area (Å²) in [6, 6.07) is 2.49. The molecule has 2 rings (SSSR count). The lowest BCUT2D eigenvalue weighted by molar-refractivity contribution is 0.189. The van der Waals surface area contributed by atoms with E-state index in [1.54, 1.807) is 0 Å². The number of hydrogen-bond donors (Lipinski definition) is 1. The first-order valence-corrected chi connectivity index (χ1v) is 5.79. The molecule has 82 valence electrons. The van der Waals surface area contributed by atoms with Crippen LogP contribution in [0, 0.1) is 6.92 Å². The van der Waals surface area contributed by atoms with E-state index < -0.39 is 0 Å². The molecule has 1 fully saturated rings. The Morgan fingerprint density at radius 2 is 2.20 bits per heavy atom. The van der Waals surface area contributed by atoms with Gasteiger partial charge in [0.15, 0.2) is 0 Å². The number of aromatic nitrogens is 1. The second kappa shape index (κ2) is 3.93. The van der Waals surface area contributed by atoms with Crippen molar-refractivity contribution in [2.24, 2.45) is 0 Å². The summed E-state index contributed by atoms with van der Waals surface area (Å²) in [4.78, 5) is 4.20.